The quantitative estimate of drug-likeness (QED) is 0.827. The van der Waals surface area contributed by atoms with E-state index in [4.69, 9.17) is 0 Å². The first-order chi connectivity index (χ1) is 7.11. The minimum atomic E-state index is -3.21. The Morgan fingerprint density at radius 1 is 1.47 bits per heavy atom. The minimum Gasteiger partial charge on any atom is -0.345 e. The highest BCUT2D eigenvalue weighted by Crippen LogP contribution is 2.16. The Balaban J connectivity index is 2.37. The van der Waals surface area contributed by atoms with Crippen LogP contribution >= 0.6 is 0 Å². The molecule has 2 N–H and O–H groups in total. The van der Waals surface area contributed by atoms with Crippen molar-refractivity contribution in [2.24, 2.45) is 0 Å². The smallest absolute Gasteiger partial charge is 0.232 e. The van der Waals surface area contributed by atoms with Crippen LogP contribution < -0.4 is 4.72 Å². The molecule has 0 saturated carbocycles. The molecule has 0 spiro atoms. The molecular weight excluding hydrogens is 214 g/mol. The molecule has 0 aliphatic heterocycles. The van der Waals surface area contributed by atoms with E-state index >= 15 is 0 Å². The van der Waals surface area contributed by atoms with E-state index in [0.717, 1.165) is 11.0 Å². The number of aromatic amines is 1. The van der Waals surface area contributed by atoms with Crippen LogP contribution in [0.1, 0.15) is 6.92 Å². The van der Waals surface area contributed by atoms with Crippen LogP contribution in [0.15, 0.2) is 24.5 Å². The summed E-state index contributed by atoms with van der Waals surface area (Å²) in [6.07, 6.45) is 1.57. The number of anilines is 1. The van der Waals surface area contributed by atoms with Crippen molar-refractivity contribution in [3.05, 3.63) is 24.5 Å². The first kappa shape index (κ1) is 9.97. The highest BCUT2D eigenvalue weighted by atomic mass is 32.2. The van der Waals surface area contributed by atoms with Crippen molar-refractivity contribution in [2.45, 2.75) is 6.92 Å². The van der Waals surface area contributed by atoms with Gasteiger partial charge in [0.05, 0.1) is 28.8 Å². The number of fused-ring (bicyclic) bond motifs is 1. The Morgan fingerprint density at radius 3 is 3.00 bits per heavy atom. The molecule has 0 saturated heterocycles. The second-order valence-corrected chi connectivity index (χ2v) is 5.15. The third-order valence-electron chi connectivity index (χ3n) is 2.07. The fraction of sp³-hybridized carbons (Fsp3) is 0.222. The molecule has 0 aliphatic rings. The predicted octanol–water partition coefficient (Wildman–Crippen LogP) is 1.32. The third-order valence-corrected chi connectivity index (χ3v) is 3.38. The summed E-state index contributed by atoms with van der Waals surface area (Å²) in [6.45, 7) is 1.59. The van der Waals surface area contributed by atoms with Crippen molar-refractivity contribution >= 4 is 26.7 Å². The van der Waals surface area contributed by atoms with Gasteiger partial charge >= 0.3 is 0 Å². The number of imidazole rings is 1. The van der Waals surface area contributed by atoms with Crippen LogP contribution in [-0.4, -0.2) is 24.1 Å². The molecule has 1 aromatic heterocycles. The van der Waals surface area contributed by atoms with Crippen LogP contribution in [0.2, 0.25) is 0 Å². The summed E-state index contributed by atoms with van der Waals surface area (Å²) in [5.74, 6) is 0.0635. The van der Waals surface area contributed by atoms with E-state index in [-0.39, 0.29) is 5.75 Å². The molecule has 15 heavy (non-hydrogen) atoms. The van der Waals surface area contributed by atoms with Crippen LogP contribution in [0.3, 0.4) is 0 Å². The molecule has 1 aromatic carbocycles. The van der Waals surface area contributed by atoms with E-state index in [1.807, 2.05) is 0 Å². The van der Waals surface area contributed by atoms with Gasteiger partial charge in [0.25, 0.3) is 0 Å². The minimum absolute atomic E-state index is 0.0635. The number of sulfonamides is 1. The maximum Gasteiger partial charge on any atom is 0.232 e. The van der Waals surface area contributed by atoms with E-state index in [2.05, 4.69) is 14.7 Å². The van der Waals surface area contributed by atoms with Crippen molar-refractivity contribution in [3.63, 3.8) is 0 Å². The zero-order chi connectivity index (χ0) is 10.9. The predicted molar refractivity (Wildman–Crippen MR) is 59.2 cm³/mol. The molecule has 2 rings (SSSR count). The van der Waals surface area contributed by atoms with Crippen molar-refractivity contribution in [1.29, 1.82) is 0 Å². The lowest BCUT2D eigenvalue weighted by Gasteiger charge is -2.05. The summed E-state index contributed by atoms with van der Waals surface area (Å²) in [5.41, 5.74) is 2.18. The largest absolute Gasteiger partial charge is 0.345 e. The number of nitrogens with zero attached hydrogens (tertiary/aromatic N) is 1. The number of hydrogen-bond donors (Lipinski definition) is 2. The summed E-state index contributed by atoms with van der Waals surface area (Å²) in [4.78, 5) is 6.96. The van der Waals surface area contributed by atoms with Crippen LogP contribution in [-0.2, 0) is 10.0 Å². The van der Waals surface area contributed by atoms with Crippen LogP contribution in [0.25, 0.3) is 11.0 Å². The van der Waals surface area contributed by atoms with Crippen molar-refractivity contribution in [1.82, 2.24) is 9.97 Å². The molecule has 0 atom stereocenters. The van der Waals surface area contributed by atoms with Gasteiger partial charge in [0, 0.05) is 0 Å². The van der Waals surface area contributed by atoms with E-state index in [1.54, 1.807) is 31.5 Å². The van der Waals surface area contributed by atoms with Gasteiger partial charge in [0.15, 0.2) is 0 Å². The highest BCUT2D eigenvalue weighted by molar-refractivity contribution is 7.92. The van der Waals surface area contributed by atoms with Gasteiger partial charge in [0.1, 0.15) is 0 Å². The molecule has 1 heterocycles. The number of H-pyrrole nitrogens is 1. The van der Waals surface area contributed by atoms with Gasteiger partial charge in [-0.3, -0.25) is 4.72 Å². The first-order valence-electron chi connectivity index (χ1n) is 4.54. The molecular formula is C9H11N3O2S. The Kier molecular flexibility index (Phi) is 2.36. The van der Waals surface area contributed by atoms with Crippen molar-refractivity contribution in [2.75, 3.05) is 10.5 Å². The molecule has 0 radical (unpaired) electrons. The molecule has 5 nitrogen and oxygen atoms in total. The summed E-state index contributed by atoms with van der Waals surface area (Å²) in [7, 11) is -3.21. The maximum absolute atomic E-state index is 11.3. The van der Waals surface area contributed by atoms with E-state index in [1.165, 1.54) is 0 Å². The Morgan fingerprint density at radius 2 is 2.27 bits per heavy atom. The average Bonchev–Trinajstić information content (AvgIpc) is 2.64. The highest BCUT2D eigenvalue weighted by Gasteiger charge is 2.07. The summed E-state index contributed by atoms with van der Waals surface area (Å²) in [6, 6.07) is 5.17. The average molecular weight is 225 g/mol. The molecule has 0 aliphatic carbocycles. The molecule has 0 fully saturated rings. The van der Waals surface area contributed by atoms with Crippen molar-refractivity contribution < 1.29 is 8.42 Å². The van der Waals surface area contributed by atoms with E-state index in [9.17, 15) is 8.42 Å². The van der Waals surface area contributed by atoms with Gasteiger partial charge in [-0.05, 0) is 25.1 Å². The summed E-state index contributed by atoms with van der Waals surface area (Å²) in [5, 5.41) is 0. The zero-order valence-electron chi connectivity index (χ0n) is 8.19. The Bertz CT molecular complexity index is 574. The Hall–Kier alpha value is -1.56. The van der Waals surface area contributed by atoms with Gasteiger partial charge in [0.2, 0.25) is 10.0 Å². The number of aromatic nitrogens is 2. The topological polar surface area (TPSA) is 74.8 Å². The van der Waals surface area contributed by atoms with Gasteiger partial charge in [-0.15, -0.1) is 0 Å². The second-order valence-electron chi connectivity index (χ2n) is 3.14. The van der Waals surface area contributed by atoms with Gasteiger partial charge in [-0.25, -0.2) is 13.4 Å². The second kappa shape index (κ2) is 3.54. The van der Waals surface area contributed by atoms with Crippen LogP contribution in [0.4, 0.5) is 5.69 Å². The molecule has 0 unspecified atom stereocenters. The summed E-state index contributed by atoms with van der Waals surface area (Å²) >= 11 is 0. The number of rotatable bonds is 3. The zero-order valence-corrected chi connectivity index (χ0v) is 9.00. The standard InChI is InChI=1S/C9H11N3O2S/c1-2-15(13,14)12-7-3-4-8-9(5-7)11-6-10-8/h3-6,12H,2H2,1H3,(H,10,11). The number of nitrogens with one attached hydrogen (secondary N) is 2. The van der Waals surface area contributed by atoms with Gasteiger partial charge < -0.3 is 4.98 Å². The normalized spacial score (nSPS) is 11.8. The molecule has 0 bridgehead atoms. The van der Waals surface area contributed by atoms with Gasteiger partial charge in [-0.1, -0.05) is 0 Å². The van der Waals surface area contributed by atoms with Gasteiger partial charge in [-0.2, -0.15) is 0 Å². The maximum atomic E-state index is 11.3. The van der Waals surface area contributed by atoms with E-state index < -0.39 is 10.0 Å². The molecule has 80 valence electrons. The lowest BCUT2D eigenvalue weighted by molar-refractivity contribution is 0.602. The summed E-state index contributed by atoms with van der Waals surface area (Å²) < 4.78 is 25.1. The number of hydrogen-bond acceptors (Lipinski definition) is 3. The third kappa shape index (κ3) is 2.10. The molecule has 6 heteroatoms. The number of benzene rings is 1. The lowest BCUT2D eigenvalue weighted by Crippen LogP contribution is -2.14. The monoisotopic (exact) mass is 225 g/mol. The fourth-order valence-corrected chi connectivity index (χ4v) is 1.88. The van der Waals surface area contributed by atoms with Crippen molar-refractivity contribution in [3.8, 4) is 0 Å². The lowest BCUT2D eigenvalue weighted by atomic mass is 10.3. The molecule has 2 aromatic rings. The fourth-order valence-electron chi connectivity index (χ4n) is 1.25. The van der Waals surface area contributed by atoms with E-state index in [0.29, 0.717) is 5.69 Å². The van der Waals surface area contributed by atoms with Crippen LogP contribution in [0, 0.1) is 0 Å². The first-order valence-corrected chi connectivity index (χ1v) is 6.19. The molecule has 0 amide bonds. The Labute approximate surface area is 87.6 Å². The SMILES string of the molecule is CCS(=O)(=O)Nc1ccc2nc[nH]c2c1. The van der Waals surface area contributed by atoms with Crippen LogP contribution in [0.5, 0.6) is 0 Å².